The van der Waals surface area contributed by atoms with Crippen LogP contribution in [0.3, 0.4) is 0 Å². The Hall–Kier alpha value is -1.60. The van der Waals surface area contributed by atoms with Gasteiger partial charge in [0.05, 0.1) is 31.4 Å². The smallest absolute Gasteiger partial charge is 0.370 e. The Bertz CT molecular complexity index is 571. The molecule has 3 rings (SSSR count). The number of halogens is 3. The van der Waals surface area contributed by atoms with Crippen LogP contribution in [0.4, 0.5) is 13.2 Å². The van der Waals surface area contributed by atoms with Gasteiger partial charge in [-0.15, -0.1) is 0 Å². The highest BCUT2D eigenvalue weighted by atomic mass is 19.4. The van der Waals surface area contributed by atoms with Crippen LogP contribution in [0, 0.1) is 0 Å². The fourth-order valence-corrected chi connectivity index (χ4v) is 2.56. The van der Waals surface area contributed by atoms with Gasteiger partial charge in [-0.1, -0.05) is 12.1 Å². The zero-order chi connectivity index (χ0) is 15.9. The summed E-state index contributed by atoms with van der Waals surface area (Å²) in [6.07, 6.45) is -5.35. The highest BCUT2D eigenvalue weighted by Gasteiger charge is 2.40. The minimum atomic E-state index is -4.39. The van der Waals surface area contributed by atoms with E-state index in [1.165, 1.54) is 6.07 Å². The van der Waals surface area contributed by atoms with Crippen LogP contribution in [0.1, 0.15) is 24.2 Å². The molecule has 2 aliphatic rings. The molecule has 0 spiro atoms. The predicted molar refractivity (Wildman–Crippen MR) is 71.1 cm³/mol. The third kappa shape index (κ3) is 3.10. The molecule has 0 bridgehead atoms. The fraction of sp³-hybridized carbons (Fsp3) is 0.533. The lowest BCUT2D eigenvalue weighted by molar-refractivity contribution is -0.146. The van der Waals surface area contributed by atoms with Crippen molar-refractivity contribution in [1.82, 2.24) is 4.90 Å². The lowest BCUT2D eigenvalue weighted by Crippen LogP contribution is -2.49. The highest BCUT2D eigenvalue weighted by molar-refractivity contribution is 5.83. The quantitative estimate of drug-likeness (QED) is 0.787. The van der Waals surface area contributed by atoms with Crippen LogP contribution in [-0.2, 0) is 20.4 Å². The Morgan fingerprint density at radius 3 is 2.64 bits per heavy atom. The normalized spacial score (nSPS) is 28.5. The largest absolute Gasteiger partial charge is 0.416 e. The van der Waals surface area contributed by atoms with Crippen LogP contribution in [0.25, 0.3) is 0 Å². The molecule has 0 radical (unpaired) electrons. The number of carbonyl (C=O) groups is 1. The van der Waals surface area contributed by atoms with Gasteiger partial charge in [-0.2, -0.15) is 13.2 Å². The van der Waals surface area contributed by atoms with E-state index in [0.717, 1.165) is 12.1 Å². The molecule has 1 amide bonds. The first kappa shape index (κ1) is 15.3. The zero-order valence-corrected chi connectivity index (χ0v) is 12.0. The number of carbonyl (C=O) groups excluding carboxylic acids is 1. The van der Waals surface area contributed by atoms with Crippen molar-refractivity contribution in [3.05, 3.63) is 35.4 Å². The van der Waals surface area contributed by atoms with Gasteiger partial charge < -0.3 is 14.4 Å². The number of alkyl halides is 3. The van der Waals surface area contributed by atoms with Gasteiger partial charge in [0.1, 0.15) is 6.10 Å². The van der Waals surface area contributed by atoms with Gasteiger partial charge in [0, 0.05) is 0 Å². The Kier molecular flexibility index (Phi) is 3.86. The van der Waals surface area contributed by atoms with Crippen LogP contribution in [0.15, 0.2) is 24.3 Å². The van der Waals surface area contributed by atoms with Crippen molar-refractivity contribution in [2.45, 2.75) is 31.3 Å². The standard InChI is InChI=1S/C15H16F3NO3/c1-9-7-21-12(6-19(9)14(20)13-8-22-13)10-3-2-4-11(5-10)15(16,17)18/h2-5,9,12-13H,6-8H2,1H3. The third-order valence-electron chi connectivity index (χ3n) is 3.91. The molecule has 2 heterocycles. The number of rotatable bonds is 2. The van der Waals surface area contributed by atoms with Gasteiger partial charge in [0.2, 0.25) is 0 Å². The lowest BCUT2D eigenvalue weighted by Gasteiger charge is -2.38. The number of hydrogen-bond acceptors (Lipinski definition) is 3. The predicted octanol–water partition coefficient (Wildman–Crippen LogP) is 2.39. The Morgan fingerprint density at radius 1 is 1.27 bits per heavy atom. The van der Waals surface area contributed by atoms with Crippen molar-refractivity contribution < 1.29 is 27.4 Å². The average molecular weight is 315 g/mol. The molecule has 0 saturated carbocycles. The average Bonchev–Trinajstić information content (AvgIpc) is 3.31. The lowest BCUT2D eigenvalue weighted by atomic mass is 10.0. The minimum Gasteiger partial charge on any atom is -0.370 e. The van der Waals surface area contributed by atoms with E-state index in [1.807, 2.05) is 6.92 Å². The first-order chi connectivity index (χ1) is 10.4. The Balaban J connectivity index is 1.78. The molecule has 0 aromatic heterocycles. The van der Waals surface area contributed by atoms with Crippen LogP contribution in [0.2, 0.25) is 0 Å². The molecule has 0 N–H and O–H groups in total. The van der Waals surface area contributed by atoms with Crippen molar-refractivity contribution in [3.63, 3.8) is 0 Å². The number of benzene rings is 1. The number of epoxide rings is 1. The van der Waals surface area contributed by atoms with Gasteiger partial charge in [-0.3, -0.25) is 4.79 Å². The van der Waals surface area contributed by atoms with E-state index in [2.05, 4.69) is 0 Å². The molecule has 120 valence electrons. The number of hydrogen-bond donors (Lipinski definition) is 0. The molecule has 3 atom stereocenters. The number of morpholine rings is 1. The van der Waals surface area contributed by atoms with Crippen molar-refractivity contribution in [3.8, 4) is 0 Å². The molecule has 1 aromatic rings. The van der Waals surface area contributed by atoms with E-state index in [9.17, 15) is 18.0 Å². The summed E-state index contributed by atoms with van der Waals surface area (Å²) >= 11 is 0. The second kappa shape index (κ2) is 5.55. The van der Waals surface area contributed by atoms with E-state index in [-0.39, 0.29) is 18.5 Å². The molecule has 22 heavy (non-hydrogen) atoms. The fourth-order valence-electron chi connectivity index (χ4n) is 2.56. The molecule has 0 aliphatic carbocycles. The summed E-state index contributed by atoms with van der Waals surface area (Å²) in [6.45, 7) is 2.79. The van der Waals surface area contributed by atoms with Gasteiger partial charge in [-0.25, -0.2) is 0 Å². The van der Waals surface area contributed by atoms with Crippen LogP contribution in [-0.4, -0.2) is 42.7 Å². The Labute approximate surface area is 125 Å². The number of amides is 1. The minimum absolute atomic E-state index is 0.112. The van der Waals surface area contributed by atoms with Gasteiger partial charge >= 0.3 is 6.18 Å². The van der Waals surface area contributed by atoms with Crippen LogP contribution < -0.4 is 0 Å². The summed E-state index contributed by atoms with van der Waals surface area (Å²) < 4.78 is 49.0. The summed E-state index contributed by atoms with van der Waals surface area (Å²) in [5.74, 6) is -0.118. The second-order valence-electron chi connectivity index (χ2n) is 5.61. The summed E-state index contributed by atoms with van der Waals surface area (Å²) in [7, 11) is 0. The van der Waals surface area contributed by atoms with Crippen LogP contribution >= 0.6 is 0 Å². The number of ether oxygens (including phenoxy) is 2. The molecule has 4 nitrogen and oxygen atoms in total. The SMILES string of the molecule is CC1COC(c2cccc(C(F)(F)F)c2)CN1C(=O)C1CO1. The van der Waals surface area contributed by atoms with Crippen molar-refractivity contribution in [1.29, 1.82) is 0 Å². The maximum Gasteiger partial charge on any atom is 0.416 e. The molecular formula is C15H16F3NO3. The molecule has 2 aliphatic heterocycles. The summed E-state index contributed by atoms with van der Waals surface area (Å²) in [6, 6.07) is 4.94. The summed E-state index contributed by atoms with van der Waals surface area (Å²) in [5, 5.41) is 0. The molecule has 1 aromatic carbocycles. The molecule has 2 fully saturated rings. The van der Waals surface area contributed by atoms with E-state index >= 15 is 0 Å². The van der Waals surface area contributed by atoms with E-state index in [1.54, 1.807) is 11.0 Å². The molecule has 7 heteroatoms. The molecular weight excluding hydrogens is 299 g/mol. The van der Waals surface area contributed by atoms with E-state index in [0.29, 0.717) is 18.8 Å². The van der Waals surface area contributed by atoms with Crippen molar-refractivity contribution in [2.24, 2.45) is 0 Å². The van der Waals surface area contributed by atoms with Crippen molar-refractivity contribution in [2.75, 3.05) is 19.8 Å². The topological polar surface area (TPSA) is 42.1 Å². The molecule has 2 saturated heterocycles. The number of nitrogens with zero attached hydrogens (tertiary/aromatic N) is 1. The van der Waals surface area contributed by atoms with Gasteiger partial charge in [-0.05, 0) is 24.6 Å². The van der Waals surface area contributed by atoms with Gasteiger partial charge in [0.15, 0.2) is 6.10 Å². The van der Waals surface area contributed by atoms with E-state index < -0.39 is 23.9 Å². The molecule has 3 unspecified atom stereocenters. The van der Waals surface area contributed by atoms with Crippen molar-refractivity contribution >= 4 is 5.91 Å². The van der Waals surface area contributed by atoms with Gasteiger partial charge in [0.25, 0.3) is 5.91 Å². The first-order valence-electron chi connectivity index (χ1n) is 7.07. The highest BCUT2D eigenvalue weighted by Crippen LogP contribution is 2.33. The third-order valence-corrected chi connectivity index (χ3v) is 3.91. The van der Waals surface area contributed by atoms with Crippen LogP contribution in [0.5, 0.6) is 0 Å². The Morgan fingerprint density at radius 2 is 2.00 bits per heavy atom. The second-order valence-corrected chi connectivity index (χ2v) is 5.61. The summed E-state index contributed by atoms with van der Waals surface area (Å²) in [4.78, 5) is 13.8. The zero-order valence-electron chi connectivity index (χ0n) is 12.0. The summed E-state index contributed by atoms with van der Waals surface area (Å²) in [5.41, 5.74) is -0.285. The maximum atomic E-state index is 12.8. The van der Waals surface area contributed by atoms with E-state index in [4.69, 9.17) is 9.47 Å². The maximum absolute atomic E-state index is 12.8. The first-order valence-corrected chi connectivity index (χ1v) is 7.07. The monoisotopic (exact) mass is 315 g/mol.